The number of nitrogens with one attached hydrogen (secondary N) is 1. The Morgan fingerprint density at radius 3 is 2.82 bits per heavy atom. The Bertz CT molecular complexity index is 520. The molecule has 4 nitrogen and oxygen atoms in total. The second-order valence-corrected chi connectivity index (χ2v) is 6.05. The maximum Gasteiger partial charge on any atom is 0.226 e. The predicted molar refractivity (Wildman–Crippen MR) is 82.2 cm³/mol. The van der Waals surface area contributed by atoms with Crippen LogP contribution in [0.15, 0.2) is 18.2 Å². The third kappa shape index (κ3) is 3.58. The number of aliphatic hydroxyl groups excluding tert-OH is 1. The number of carbonyl (C=O) groups is 1. The lowest BCUT2D eigenvalue weighted by atomic mass is 9.83. The maximum atomic E-state index is 13.3. The molecule has 1 heterocycles. The minimum atomic E-state index is -0.320. The van der Waals surface area contributed by atoms with E-state index in [-0.39, 0.29) is 29.7 Å². The Labute approximate surface area is 130 Å². The highest BCUT2D eigenvalue weighted by atomic mass is 19.1. The summed E-state index contributed by atoms with van der Waals surface area (Å²) in [5, 5.41) is 12.5. The first kappa shape index (κ1) is 16.7. The first-order valence-corrected chi connectivity index (χ1v) is 7.83. The fraction of sp³-hybridized carbons (Fsp3) is 0.588. The molecule has 1 amide bonds. The van der Waals surface area contributed by atoms with Crippen molar-refractivity contribution in [2.75, 3.05) is 19.8 Å². The van der Waals surface area contributed by atoms with E-state index in [0.717, 1.165) is 18.4 Å². The van der Waals surface area contributed by atoms with Crippen molar-refractivity contribution in [1.82, 2.24) is 5.32 Å². The molecule has 2 N–H and O–H groups in total. The number of carbonyl (C=O) groups excluding carboxylic acids is 1. The van der Waals surface area contributed by atoms with Crippen LogP contribution >= 0.6 is 0 Å². The summed E-state index contributed by atoms with van der Waals surface area (Å²) in [4.78, 5) is 12.3. The van der Waals surface area contributed by atoms with Gasteiger partial charge >= 0.3 is 0 Å². The van der Waals surface area contributed by atoms with Gasteiger partial charge in [0.25, 0.3) is 0 Å². The van der Waals surface area contributed by atoms with Crippen LogP contribution in [0.25, 0.3) is 0 Å². The lowest BCUT2D eigenvalue weighted by molar-refractivity contribution is -0.127. The zero-order valence-corrected chi connectivity index (χ0v) is 13.2. The number of rotatable bonds is 6. The molecule has 1 aromatic rings. The molecule has 0 fully saturated rings. The highest BCUT2D eigenvalue weighted by molar-refractivity contribution is 5.79. The minimum absolute atomic E-state index is 0.0511. The average molecular weight is 309 g/mol. The number of hydrogen-bond acceptors (Lipinski definition) is 3. The number of hydrogen-bond donors (Lipinski definition) is 2. The van der Waals surface area contributed by atoms with Crippen LogP contribution in [0.3, 0.4) is 0 Å². The third-order valence-corrected chi connectivity index (χ3v) is 4.77. The van der Waals surface area contributed by atoms with Gasteiger partial charge in [-0.05, 0) is 43.0 Å². The monoisotopic (exact) mass is 309 g/mol. The fourth-order valence-electron chi connectivity index (χ4n) is 2.73. The quantitative estimate of drug-likeness (QED) is 0.847. The summed E-state index contributed by atoms with van der Waals surface area (Å²) in [5.74, 6) is -0.0917. The van der Waals surface area contributed by atoms with Crippen molar-refractivity contribution in [3.8, 4) is 5.75 Å². The summed E-state index contributed by atoms with van der Waals surface area (Å²) < 4.78 is 18.8. The largest absolute Gasteiger partial charge is 0.492 e. The average Bonchev–Trinajstić information content (AvgIpc) is 2.55. The van der Waals surface area contributed by atoms with E-state index in [0.29, 0.717) is 25.3 Å². The van der Waals surface area contributed by atoms with Crippen molar-refractivity contribution < 1.29 is 19.0 Å². The summed E-state index contributed by atoms with van der Waals surface area (Å²) in [6.07, 6.45) is 2.08. The van der Waals surface area contributed by atoms with Gasteiger partial charge < -0.3 is 15.2 Å². The smallest absolute Gasteiger partial charge is 0.226 e. The molecule has 0 saturated carbocycles. The molecule has 1 unspecified atom stereocenters. The van der Waals surface area contributed by atoms with Crippen LogP contribution in [0.2, 0.25) is 0 Å². The second-order valence-electron chi connectivity index (χ2n) is 6.05. The Morgan fingerprint density at radius 1 is 1.45 bits per heavy atom. The summed E-state index contributed by atoms with van der Waals surface area (Å²) in [6.45, 7) is 4.81. The van der Waals surface area contributed by atoms with Crippen LogP contribution in [0.4, 0.5) is 4.39 Å². The molecule has 1 aliphatic rings. The zero-order valence-electron chi connectivity index (χ0n) is 13.2. The summed E-state index contributed by atoms with van der Waals surface area (Å²) in [7, 11) is 0. The fourth-order valence-corrected chi connectivity index (χ4v) is 2.73. The van der Waals surface area contributed by atoms with Gasteiger partial charge in [0.05, 0.1) is 12.5 Å². The van der Waals surface area contributed by atoms with Crippen LogP contribution in [-0.2, 0) is 11.2 Å². The molecule has 2 rings (SSSR count). The third-order valence-electron chi connectivity index (χ3n) is 4.77. The number of fused-ring (bicyclic) bond motifs is 1. The van der Waals surface area contributed by atoms with Crippen LogP contribution in [0.1, 0.15) is 32.3 Å². The maximum absolute atomic E-state index is 13.3. The van der Waals surface area contributed by atoms with Gasteiger partial charge in [-0.1, -0.05) is 13.8 Å². The second kappa shape index (κ2) is 7.09. The normalized spacial score (nSPS) is 17.5. The molecule has 0 bridgehead atoms. The van der Waals surface area contributed by atoms with E-state index in [1.54, 1.807) is 6.07 Å². The van der Waals surface area contributed by atoms with Gasteiger partial charge in [0, 0.05) is 12.0 Å². The van der Waals surface area contributed by atoms with E-state index >= 15 is 0 Å². The van der Waals surface area contributed by atoms with Gasteiger partial charge in [0.1, 0.15) is 18.2 Å². The molecule has 1 atom stereocenters. The number of aliphatic hydroxyl groups is 1. The van der Waals surface area contributed by atoms with E-state index in [1.165, 1.54) is 12.1 Å². The molecule has 0 radical (unpaired) electrons. The Kier molecular flexibility index (Phi) is 5.40. The number of amides is 1. The van der Waals surface area contributed by atoms with Crippen molar-refractivity contribution in [2.45, 2.75) is 33.1 Å². The number of benzene rings is 1. The molecule has 22 heavy (non-hydrogen) atoms. The first-order chi connectivity index (χ1) is 10.5. The van der Waals surface area contributed by atoms with Crippen molar-refractivity contribution in [1.29, 1.82) is 0 Å². The minimum Gasteiger partial charge on any atom is -0.492 e. The van der Waals surface area contributed by atoms with E-state index in [1.807, 2.05) is 13.8 Å². The molecule has 0 saturated heterocycles. The molecule has 0 aliphatic carbocycles. The van der Waals surface area contributed by atoms with Crippen LogP contribution in [0.5, 0.6) is 5.75 Å². The molecule has 1 aromatic carbocycles. The molecule has 5 heteroatoms. The van der Waals surface area contributed by atoms with Gasteiger partial charge in [-0.2, -0.15) is 0 Å². The van der Waals surface area contributed by atoms with E-state index in [4.69, 9.17) is 4.74 Å². The van der Waals surface area contributed by atoms with Crippen molar-refractivity contribution in [3.05, 3.63) is 29.6 Å². The lowest BCUT2D eigenvalue weighted by Gasteiger charge is -2.31. The van der Waals surface area contributed by atoms with E-state index in [9.17, 15) is 14.3 Å². The summed E-state index contributed by atoms with van der Waals surface area (Å²) in [5.41, 5.74) is 0.459. The lowest BCUT2D eigenvalue weighted by Crippen LogP contribution is -2.44. The summed E-state index contributed by atoms with van der Waals surface area (Å²) >= 11 is 0. The molecular weight excluding hydrogens is 285 g/mol. The van der Waals surface area contributed by atoms with Crippen molar-refractivity contribution >= 4 is 5.91 Å². The zero-order chi connectivity index (χ0) is 16.2. The topological polar surface area (TPSA) is 58.6 Å². The van der Waals surface area contributed by atoms with Gasteiger partial charge in [-0.15, -0.1) is 0 Å². The molecule has 1 aliphatic heterocycles. The molecule has 122 valence electrons. The van der Waals surface area contributed by atoms with Crippen molar-refractivity contribution in [3.63, 3.8) is 0 Å². The van der Waals surface area contributed by atoms with Gasteiger partial charge in [-0.25, -0.2) is 4.39 Å². The van der Waals surface area contributed by atoms with E-state index < -0.39 is 0 Å². The van der Waals surface area contributed by atoms with Crippen LogP contribution in [0, 0.1) is 17.2 Å². The Morgan fingerprint density at radius 2 is 2.18 bits per heavy atom. The van der Waals surface area contributed by atoms with Crippen molar-refractivity contribution in [2.24, 2.45) is 11.3 Å². The van der Waals surface area contributed by atoms with Crippen LogP contribution in [-0.4, -0.2) is 30.8 Å². The number of halogens is 1. The van der Waals surface area contributed by atoms with Gasteiger partial charge in [-0.3, -0.25) is 4.79 Å². The SMILES string of the molecule is CCC(CC)(CO)CNC(=O)C1COc2ccc(F)cc2C1. The highest BCUT2D eigenvalue weighted by Crippen LogP contribution is 2.29. The standard InChI is InChI=1S/C17H24FNO3/c1-3-17(4-2,11-20)10-19-16(21)13-7-12-8-14(18)5-6-15(12)22-9-13/h5-6,8,13,20H,3-4,7,9-11H2,1-2H3,(H,19,21). The van der Waals surface area contributed by atoms with Gasteiger partial charge in [0.15, 0.2) is 0 Å². The Hall–Kier alpha value is -1.62. The van der Waals surface area contributed by atoms with Gasteiger partial charge in [0.2, 0.25) is 5.91 Å². The molecule has 0 aromatic heterocycles. The number of ether oxygens (including phenoxy) is 1. The summed E-state index contributed by atoms with van der Waals surface area (Å²) in [6, 6.07) is 4.38. The highest BCUT2D eigenvalue weighted by Gasteiger charge is 2.30. The first-order valence-electron chi connectivity index (χ1n) is 7.83. The molecule has 0 spiro atoms. The van der Waals surface area contributed by atoms with E-state index in [2.05, 4.69) is 5.32 Å². The van der Waals surface area contributed by atoms with Crippen LogP contribution < -0.4 is 10.1 Å². The predicted octanol–water partition coefficient (Wildman–Crippen LogP) is 2.29. The molecular formula is C17H24FNO3. The Balaban J connectivity index is 1.97.